The second-order valence-electron chi connectivity index (χ2n) is 3.42. The Morgan fingerprint density at radius 1 is 1.57 bits per heavy atom. The van der Waals surface area contributed by atoms with E-state index in [1.54, 1.807) is 18.3 Å². The number of hydrogen-bond acceptors (Lipinski definition) is 3. The summed E-state index contributed by atoms with van der Waals surface area (Å²) in [6.45, 7) is 0. The lowest BCUT2D eigenvalue weighted by Gasteiger charge is -2.25. The van der Waals surface area contributed by atoms with Crippen molar-refractivity contribution in [1.29, 1.82) is 0 Å². The van der Waals surface area contributed by atoms with Crippen molar-refractivity contribution in [3.63, 3.8) is 0 Å². The van der Waals surface area contributed by atoms with Gasteiger partial charge in [-0.2, -0.15) is 0 Å². The summed E-state index contributed by atoms with van der Waals surface area (Å²) in [6.07, 6.45) is 5.50. The van der Waals surface area contributed by atoms with E-state index in [2.05, 4.69) is 4.98 Å². The van der Waals surface area contributed by atoms with E-state index >= 15 is 0 Å². The summed E-state index contributed by atoms with van der Waals surface area (Å²) >= 11 is 4.87. The molecule has 0 aliphatic heterocycles. The van der Waals surface area contributed by atoms with Crippen molar-refractivity contribution in [2.75, 3.05) is 0 Å². The van der Waals surface area contributed by atoms with Crippen LogP contribution in [0.3, 0.4) is 0 Å². The van der Waals surface area contributed by atoms with Gasteiger partial charge in [-0.25, -0.2) is 4.98 Å². The Morgan fingerprint density at radius 3 is 2.93 bits per heavy atom. The largest absolute Gasteiger partial charge is 0.474 e. The van der Waals surface area contributed by atoms with Gasteiger partial charge >= 0.3 is 0 Å². The predicted octanol–water partition coefficient (Wildman–Crippen LogP) is 1.65. The van der Waals surface area contributed by atoms with Crippen LogP contribution in [-0.2, 0) is 0 Å². The molecule has 1 fully saturated rings. The topological polar surface area (TPSA) is 48.1 Å². The maximum absolute atomic E-state index is 5.61. The zero-order valence-electron chi connectivity index (χ0n) is 7.77. The van der Waals surface area contributed by atoms with Gasteiger partial charge < -0.3 is 10.5 Å². The fraction of sp³-hybridized carbons (Fsp3) is 0.400. The molecule has 0 radical (unpaired) electrons. The molecule has 4 heteroatoms. The van der Waals surface area contributed by atoms with Crippen LogP contribution in [0.2, 0.25) is 0 Å². The molecule has 1 heterocycles. The van der Waals surface area contributed by atoms with Crippen LogP contribution in [0, 0.1) is 0 Å². The number of aromatic nitrogens is 1. The first-order chi connectivity index (χ1) is 6.75. The highest BCUT2D eigenvalue weighted by molar-refractivity contribution is 7.80. The highest BCUT2D eigenvalue weighted by Gasteiger charge is 2.19. The maximum atomic E-state index is 5.61. The molecule has 2 rings (SSSR count). The number of rotatable bonds is 3. The molecule has 0 unspecified atom stereocenters. The number of hydrogen-bond donors (Lipinski definition) is 1. The summed E-state index contributed by atoms with van der Waals surface area (Å²) in [6, 6.07) is 3.58. The summed E-state index contributed by atoms with van der Waals surface area (Å²) in [4.78, 5) is 4.49. The molecule has 14 heavy (non-hydrogen) atoms. The number of pyridine rings is 1. The fourth-order valence-corrected chi connectivity index (χ4v) is 1.41. The average molecular weight is 208 g/mol. The van der Waals surface area contributed by atoms with Crippen LogP contribution in [0.5, 0.6) is 5.88 Å². The van der Waals surface area contributed by atoms with Gasteiger partial charge in [0.25, 0.3) is 0 Å². The summed E-state index contributed by atoms with van der Waals surface area (Å²) < 4.78 is 5.61. The first kappa shape index (κ1) is 9.40. The Labute approximate surface area is 88.3 Å². The first-order valence-corrected chi connectivity index (χ1v) is 5.09. The van der Waals surface area contributed by atoms with E-state index in [0.717, 1.165) is 18.4 Å². The third-order valence-electron chi connectivity index (χ3n) is 2.36. The standard InChI is InChI=1S/C10H12N2OS/c11-10(14)7-4-5-12-9(6-7)13-8-2-1-3-8/h4-6,8H,1-3H2,(H2,11,14). The van der Waals surface area contributed by atoms with E-state index in [0.29, 0.717) is 17.0 Å². The Morgan fingerprint density at radius 2 is 2.36 bits per heavy atom. The number of ether oxygens (including phenoxy) is 1. The molecule has 1 aliphatic carbocycles. The number of thiocarbonyl (C=S) groups is 1. The van der Waals surface area contributed by atoms with Crippen LogP contribution < -0.4 is 10.5 Å². The first-order valence-electron chi connectivity index (χ1n) is 4.68. The van der Waals surface area contributed by atoms with Crippen molar-refractivity contribution >= 4 is 17.2 Å². The molecule has 1 aliphatic rings. The van der Waals surface area contributed by atoms with E-state index in [4.69, 9.17) is 22.7 Å². The van der Waals surface area contributed by atoms with Crippen LogP contribution in [0.25, 0.3) is 0 Å². The molecule has 0 amide bonds. The Kier molecular flexibility index (Phi) is 2.63. The Balaban J connectivity index is 2.09. The van der Waals surface area contributed by atoms with Gasteiger partial charge in [0.2, 0.25) is 5.88 Å². The van der Waals surface area contributed by atoms with E-state index in [-0.39, 0.29) is 0 Å². The molecule has 1 saturated carbocycles. The Hall–Kier alpha value is -1.16. The summed E-state index contributed by atoms with van der Waals surface area (Å²) in [5.74, 6) is 0.625. The number of nitrogens with two attached hydrogens (primary N) is 1. The van der Waals surface area contributed by atoms with E-state index in [1.165, 1.54) is 6.42 Å². The molecule has 74 valence electrons. The van der Waals surface area contributed by atoms with Gasteiger partial charge in [0.1, 0.15) is 11.1 Å². The minimum atomic E-state index is 0.337. The summed E-state index contributed by atoms with van der Waals surface area (Å²) in [5, 5.41) is 0. The quantitative estimate of drug-likeness (QED) is 0.767. The van der Waals surface area contributed by atoms with Gasteiger partial charge in [0, 0.05) is 17.8 Å². The van der Waals surface area contributed by atoms with Gasteiger partial charge in [0.05, 0.1) is 0 Å². The minimum absolute atomic E-state index is 0.337. The molecule has 0 atom stereocenters. The smallest absolute Gasteiger partial charge is 0.214 e. The van der Waals surface area contributed by atoms with Crippen LogP contribution in [-0.4, -0.2) is 16.1 Å². The normalized spacial score (nSPS) is 16.0. The maximum Gasteiger partial charge on any atom is 0.214 e. The SMILES string of the molecule is NC(=S)c1ccnc(OC2CCC2)c1. The van der Waals surface area contributed by atoms with Crippen molar-refractivity contribution in [3.05, 3.63) is 23.9 Å². The summed E-state index contributed by atoms with van der Waals surface area (Å²) in [5.41, 5.74) is 6.32. The van der Waals surface area contributed by atoms with Crippen LogP contribution in [0.4, 0.5) is 0 Å². The van der Waals surface area contributed by atoms with Crippen LogP contribution >= 0.6 is 12.2 Å². The van der Waals surface area contributed by atoms with Gasteiger partial charge in [0.15, 0.2) is 0 Å². The third kappa shape index (κ3) is 2.01. The number of nitrogens with zero attached hydrogens (tertiary/aromatic N) is 1. The van der Waals surface area contributed by atoms with Gasteiger partial charge in [-0.15, -0.1) is 0 Å². The average Bonchev–Trinajstić information content (AvgIpc) is 2.12. The van der Waals surface area contributed by atoms with Crippen molar-refractivity contribution in [3.8, 4) is 5.88 Å². The highest BCUT2D eigenvalue weighted by atomic mass is 32.1. The lowest BCUT2D eigenvalue weighted by atomic mass is 9.96. The molecule has 3 nitrogen and oxygen atoms in total. The van der Waals surface area contributed by atoms with Crippen molar-refractivity contribution in [2.24, 2.45) is 5.73 Å². The zero-order valence-corrected chi connectivity index (χ0v) is 8.59. The molecule has 1 aromatic rings. The molecule has 2 N–H and O–H groups in total. The third-order valence-corrected chi connectivity index (χ3v) is 2.59. The monoisotopic (exact) mass is 208 g/mol. The molecule has 0 spiro atoms. The summed E-state index contributed by atoms with van der Waals surface area (Å²) in [7, 11) is 0. The molecule has 1 aromatic heterocycles. The van der Waals surface area contributed by atoms with E-state index in [1.807, 2.05) is 0 Å². The van der Waals surface area contributed by atoms with Crippen molar-refractivity contribution in [1.82, 2.24) is 4.98 Å². The molecule has 0 saturated heterocycles. The lowest BCUT2D eigenvalue weighted by Crippen LogP contribution is -2.25. The van der Waals surface area contributed by atoms with Crippen molar-refractivity contribution in [2.45, 2.75) is 25.4 Å². The van der Waals surface area contributed by atoms with Crippen molar-refractivity contribution < 1.29 is 4.74 Å². The highest BCUT2D eigenvalue weighted by Crippen LogP contribution is 2.24. The second kappa shape index (κ2) is 3.92. The lowest BCUT2D eigenvalue weighted by molar-refractivity contribution is 0.114. The van der Waals surface area contributed by atoms with Crippen LogP contribution in [0.1, 0.15) is 24.8 Å². The molecular weight excluding hydrogens is 196 g/mol. The van der Waals surface area contributed by atoms with Gasteiger partial charge in [-0.1, -0.05) is 12.2 Å². The zero-order chi connectivity index (χ0) is 9.97. The van der Waals surface area contributed by atoms with Crippen LogP contribution in [0.15, 0.2) is 18.3 Å². The minimum Gasteiger partial charge on any atom is -0.474 e. The van der Waals surface area contributed by atoms with E-state index in [9.17, 15) is 0 Å². The second-order valence-corrected chi connectivity index (χ2v) is 3.86. The molecule has 0 aromatic carbocycles. The van der Waals surface area contributed by atoms with Gasteiger partial charge in [-0.3, -0.25) is 0 Å². The van der Waals surface area contributed by atoms with Gasteiger partial charge in [-0.05, 0) is 25.3 Å². The van der Waals surface area contributed by atoms with E-state index < -0.39 is 0 Å². The fourth-order valence-electron chi connectivity index (χ4n) is 1.29. The Bertz CT molecular complexity index is 350. The predicted molar refractivity (Wildman–Crippen MR) is 58.4 cm³/mol. The molecular formula is C10H12N2OS. The molecule has 0 bridgehead atoms.